The molecule has 40 heavy (non-hydrogen) atoms. The molecule has 0 bridgehead atoms. The number of rotatable bonds is 14. The van der Waals surface area contributed by atoms with E-state index in [1.54, 1.807) is 0 Å². The summed E-state index contributed by atoms with van der Waals surface area (Å²) in [6.07, 6.45) is 4.16. The standard InChI is InChI=1S/C36H36O2P2/c1-5-17-31(18-6-1)39(32-19-7-2-8-20-32)29-15-27-37-35-25-13-14-26-36(35)38-28-16-30-40(33-21-9-3-10-22-33)34-23-11-4-12-24-34/h1-14,17-26H,15-16,27-30H2. The Kier molecular flexibility index (Phi) is 10.8. The first-order valence-electron chi connectivity index (χ1n) is 14.0. The molecule has 0 spiro atoms. The number of ether oxygens (including phenoxy) is 2. The zero-order valence-electron chi connectivity index (χ0n) is 22.8. The molecule has 202 valence electrons. The fourth-order valence-corrected chi connectivity index (χ4v) is 9.39. The van der Waals surface area contributed by atoms with Crippen LogP contribution in [-0.2, 0) is 0 Å². The normalized spacial score (nSPS) is 11.1. The van der Waals surface area contributed by atoms with Crippen molar-refractivity contribution < 1.29 is 9.47 Å². The van der Waals surface area contributed by atoms with Crippen molar-refractivity contribution in [2.75, 3.05) is 25.5 Å². The van der Waals surface area contributed by atoms with Crippen molar-refractivity contribution in [1.82, 2.24) is 0 Å². The van der Waals surface area contributed by atoms with E-state index in [1.807, 2.05) is 24.3 Å². The van der Waals surface area contributed by atoms with Crippen molar-refractivity contribution >= 4 is 37.1 Å². The molecule has 0 N–H and O–H groups in total. The molecule has 0 heterocycles. The van der Waals surface area contributed by atoms with Crippen LogP contribution in [-0.4, -0.2) is 25.5 Å². The lowest BCUT2D eigenvalue weighted by atomic mass is 10.3. The summed E-state index contributed by atoms with van der Waals surface area (Å²) in [6.45, 7) is 1.35. The van der Waals surface area contributed by atoms with Crippen LogP contribution in [0.3, 0.4) is 0 Å². The van der Waals surface area contributed by atoms with Gasteiger partial charge in [-0.25, -0.2) is 0 Å². The van der Waals surface area contributed by atoms with Gasteiger partial charge in [0, 0.05) is 0 Å². The van der Waals surface area contributed by atoms with Gasteiger partial charge in [-0.15, -0.1) is 0 Å². The van der Waals surface area contributed by atoms with E-state index in [9.17, 15) is 0 Å². The summed E-state index contributed by atoms with van der Waals surface area (Å²) in [4.78, 5) is 0. The maximum absolute atomic E-state index is 6.27. The van der Waals surface area contributed by atoms with Crippen LogP contribution in [0.2, 0.25) is 0 Å². The third-order valence-electron chi connectivity index (χ3n) is 6.69. The van der Waals surface area contributed by atoms with Gasteiger partial charge in [0.2, 0.25) is 0 Å². The average molecular weight is 563 g/mol. The Morgan fingerprint density at radius 2 is 0.625 bits per heavy atom. The van der Waals surface area contributed by atoms with Crippen LogP contribution in [0.15, 0.2) is 146 Å². The number of benzene rings is 5. The van der Waals surface area contributed by atoms with E-state index in [1.165, 1.54) is 21.2 Å². The van der Waals surface area contributed by atoms with Crippen LogP contribution < -0.4 is 30.7 Å². The van der Waals surface area contributed by atoms with Gasteiger partial charge in [-0.1, -0.05) is 133 Å². The molecule has 0 saturated heterocycles. The smallest absolute Gasteiger partial charge is 0.161 e. The SMILES string of the molecule is c1ccc(P(CCCOc2ccccc2OCCCP(c2ccccc2)c2ccccc2)c2ccccc2)cc1. The van der Waals surface area contributed by atoms with E-state index in [0.717, 1.165) is 36.7 Å². The van der Waals surface area contributed by atoms with Crippen molar-refractivity contribution in [2.45, 2.75) is 12.8 Å². The number of para-hydroxylation sites is 2. The van der Waals surface area contributed by atoms with Gasteiger partial charge >= 0.3 is 0 Å². The Balaban J connectivity index is 1.14. The molecule has 4 heteroatoms. The first kappa shape index (κ1) is 28.1. The summed E-state index contributed by atoms with van der Waals surface area (Å²) in [5, 5.41) is 5.66. The lowest BCUT2D eigenvalue weighted by Gasteiger charge is -2.20. The van der Waals surface area contributed by atoms with Crippen LogP contribution in [0.25, 0.3) is 0 Å². The fourth-order valence-electron chi connectivity index (χ4n) is 4.74. The zero-order valence-corrected chi connectivity index (χ0v) is 24.6. The minimum Gasteiger partial charge on any atom is -0.490 e. The van der Waals surface area contributed by atoms with Gasteiger partial charge in [0.25, 0.3) is 0 Å². The largest absolute Gasteiger partial charge is 0.490 e. The van der Waals surface area contributed by atoms with Gasteiger partial charge in [0.1, 0.15) is 0 Å². The molecule has 0 saturated carbocycles. The lowest BCUT2D eigenvalue weighted by molar-refractivity contribution is 0.269. The Hall–Kier alpha value is -3.44. The molecule has 0 aliphatic rings. The molecule has 0 atom stereocenters. The molecule has 0 unspecified atom stereocenters. The monoisotopic (exact) mass is 562 g/mol. The molecular formula is C36H36O2P2. The predicted molar refractivity (Wildman–Crippen MR) is 175 cm³/mol. The van der Waals surface area contributed by atoms with E-state index >= 15 is 0 Å². The molecule has 2 nitrogen and oxygen atoms in total. The highest BCUT2D eigenvalue weighted by molar-refractivity contribution is 7.73. The molecule has 0 aromatic heterocycles. The highest BCUT2D eigenvalue weighted by Gasteiger charge is 2.15. The highest BCUT2D eigenvalue weighted by atomic mass is 31.1. The molecule has 5 aromatic rings. The van der Waals surface area contributed by atoms with Crippen molar-refractivity contribution in [3.8, 4) is 11.5 Å². The molecule has 0 aliphatic heterocycles. The van der Waals surface area contributed by atoms with E-state index in [0.29, 0.717) is 13.2 Å². The van der Waals surface area contributed by atoms with Crippen LogP contribution in [0.4, 0.5) is 0 Å². The van der Waals surface area contributed by atoms with Gasteiger partial charge in [0.05, 0.1) is 13.2 Å². The van der Waals surface area contributed by atoms with Crippen LogP contribution in [0.5, 0.6) is 11.5 Å². The summed E-state index contributed by atoms with van der Waals surface area (Å²) in [5.74, 6) is 1.67. The second-order valence-electron chi connectivity index (χ2n) is 9.50. The van der Waals surface area contributed by atoms with E-state index < -0.39 is 15.8 Å². The Morgan fingerprint density at radius 3 is 0.925 bits per heavy atom. The molecule has 0 amide bonds. The summed E-state index contributed by atoms with van der Waals surface area (Å²) in [6, 6.07) is 51.6. The van der Waals surface area contributed by atoms with Gasteiger partial charge in [-0.05, 0) is 74.4 Å². The van der Waals surface area contributed by atoms with Crippen molar-refractivity contribution in [1.29, 1.82) is 0 Å². The number of hydrogen-bond acceptors (Lipinski definition) is 2. The molecule has 0 fully saturated rings. The maximum atomic E-state index is 6.27. The second kappa shape index (κ2) is 15.4. The molecule has 5 aromatic carbocycles. The van der Waals surface area contributed by atoms with Gasteiger partial charge in [-0.2, -0.15) is 0 Å². The maximum Gasteiger partial charge on any atom is 0.161 e. The minimum absolute atomic E-state index is 0.405. The van der Waals surface area contributed by atoms with E-state index in [-0.39, 0.29) is 0 Å². The van der Waals surface area contributed by atoms with Crippen molar-refractivity contribution in [3.05, 3.63) is 146 Å². The first-order chi connectivity index (χ1) is 19.9. The van der Waals surface area contributed by atoms with Gasteiger partial charge in [-0.3, -0.25) is 0 Å². The third-order valence-corrected chi connectivity index (χ3v) is 11.9. The van der Waals surface area contributed by atoms with Crippen LogP contribution in [0.1, 0.15) is 12.8 Å². The Morgan fingerprint density at radius 1 is 0.350 bits per heavy atom. The van der Waals surface area contributed by atoms with Crippen molar-refractivity contribution in [2.24, 2.45) is 0 Å². The van der Waals surface area contributed by atoms with E-state index in [2.05, 4.69) is 121 Å². The van der Waals surface area contributed by atoms with Gasteiger partial charge < -0.3 is 9.47 Å². The highest BCUT2D eigenvalue weighted by Crippen LogP contribution is 2.36. The minimum atomic E-state index is -0.405. The quantitative estimate of drug-likeness (QED) is 0.103. The topological polar surface area (TPSA) is 18.5 Å². The summed E-state index contributed by atoms with van der Waals surface area (Å²) < 4.78 is 12.5. The second-order valence-corrected chi connectivity index (χ2v) is 14.2. The predicted octanol–water partition coefficient (Wildman–Crippen LogP) is 7.49. The van der Waals surface area contributed by atoms with Crippen molar-refractivity contribution in [3.63, 3.8) is 0 Å². The fraction of sp³-hybridized carbons (Fsp3) is 0.167. The van der Waals surface area contributed by atoms with Gasteiger partial charge in [0.15, 0.2) is 11.5 Å². The third kappa shape index (κ3) is 8.04. The molecule has 0 radical (unpaired) electrons. The molecular weight excluding hydrogens is 526 g/mol. The van der Waals surface area contributed by atoms with Crippen LogP contribution in [0, 0.1) is 0 Å². The molecule has 5 rings (SSSR count). The summed E-state index contributed by atoms with van der Waals surface area (Å²) in [7, 11) is -0.810. The number of hydrogen-bond donors (Lipinski definition) is 0. The first-order valence-corrected chi connectivity index (χ1v) is 17.0. The Labute approximate surface area is 241 Å². The summed E-state index contributed by atoms with van der Waals surface area (Å²) in [5.41, 5.74) is 0. The zero-order chi connectivity index (χ0) is 27.2. The Bertz CT molecular complexity index is 1210. The molecule has 0 aliphatic carbocycles. The summed E-state index contributed by atoms with van der Waals surface area (Å²) >= 11 is 0. The van der Waals surface area contributed by atoms with E-state index in [4.69, 9.17) is 9.47 Å². The lowest BCUT2D eigenvalue weighted by Crippen LogP contribution is -2.15. The van der Waals surface area contributed by atoms with Crippen LogP contribution >= 0.6 is 15.8 Å². The average Bonchev–Trinajstić information content (AvgIpc) is 3.03.